The molecule has 128 valence electrons. The number of anilines is 1. The number of carbonyl (C=O) groups excluding carboxylic acids is 1. The Morgan fingerprint density at radius 1 is 1.20 bits per heavy atom. The highest BCUT2D eigenvalue weighted by molar-refractivity contribution is 7.13. The first-order valence-corrected chi connectivity index (χ1v) is 8.67. The van der Waals surface area contributed by atoms with Gasteiger partial charge in [-0.25, -0.2) is 9.37 Å². The molecule has 25 heavy (non-hydrogen) atoms. The van der Waals surface area contributed by atoms with E-state index in [2.05, 4.69) is 10.3 Å². The van der Waals surface area contributed by atoms with Crippen molar-refractivity contribution < 1.29 is 13.9 Å². The fraction of sp³-hybridized carbons (Fsp3) is 0.158. The molecule has 1 N–H and O–H groups in total. The standard InChI is InChI=1S/C19H17FN2O2S/c1-24-15-9-6-13(7-10-15)19-21-14(12-25-19)8-11-18(23)22-17-5-3-2-4-16(17)20/h2-7,9-10,12H,8,11H2,1H3,(H,22,23). The van der Waals surface area contributed by atoms with E-state index in [1.807, 2.05) is 29.6 Å². The Kier molecular flexibility index (Phi) is 5.40. The molecule has 1 aromatic heterocycles. The van der Waals surface area contributed by atoms with Crippen LogP contribution in [0.5, 0.6) is 5.75 Å². The van der Waals surface area contributed by atoms with Crippen LogP contribution in [-0.4, -0.2) is 18.0 Å². The van der Waals surface area contributed by atoms with Crippen LogP contribution < -0.4 is 10.1 Å². The van der Waals surface area contributed by atoms with Crippen LogP contribution in [0.25, 0.3) is 10.6 Å². The Morgan fingerprint density at radius 2 is 1.96 bits per heavy atom. The van der Waals surface area contributed by atoms with Crippen LogP contribution >= 0.6 is 11.3 Å². The molecule has 6 heteroatoms. The number of amides is 1. The Bertz CT molecular complexity index is 862. The summed E-state index contributed by atoms with van der Waals surface area (Å²) in [5, 5.41) is 5.42. The van der Waals surface area contributed by atoms with E-state index in [9.17, 15) is 9.18 Å². The molecule has 0 aliphatic heterocycles. The molecule has 4 nitrogen and oxygen atoms in total. The number of aryl methyl sites for hydroxylation is 1. The number of carbonyl (C=O) groups is 1. The number of aromatic nitrogens is 1. The lowest BCUT2D eigenvalue weighted by Gasteiger charge is -2.05. The van der Waals surface area contributed by atoms with Crippen molar-refractivity contribution in [3.05, 3.63) is 65.4 Å². The Balaban J connectivity index is 1.58. The van der Waals surface area contributed by atoms with Crippen molar-refractivity contribution in [3.63, 3.8) is 0 Å². The Labute approximate surface area is 149 Å². The summed E-state index contributed by atoms with van der Waals surface area (Å²) in [5.41, 5.74) is 2.05. The molecular weight excluding hydrogens is 339 g/mol. The predicted molar refractivity (Wildman–Crippen MR) is 97.5 cm³/mol. The lowest BCUT2D eigenvalue weighted by atomic mass is 10.2. The summed E-state index contributed by atoms with van der Waals surface area (Å²) < 4.78 is 18.7. The third-order valence-corrected chi connectivity index (χ3v) is 4.59. The topological polar surface area (TPSA) is 51.2 Å². The fourth-order valence-electron chi connectivity index (χ4n) is 2.30. The smallest absolute Gasteiger partial charge is 0.224 e. The molecule has 0 spiro atoms. The zero-order chi connectivity index (χ0) is 17.6. The summed E-state index contributed by atoms with van der Waals surface area (Å²) in [7, 11) is 1.63. The first-order chi connectivity index (χ1) is 12.2. The van der Waals surface area contributed by atoms with E-state index < -0.39 is 5.82 Å². The van der Waals surface area contributed by atoms with E-state index in [4.69, 9.17) is 4.74 Å². The molecule has 0 saturated carbocycles. The van der Waals surface area contributed by atoms with Crippen LogP contribution in [0.1, 0.15) is 12.1 Å². The van der Waals surface area contributed by atoms with E-state index in [0.29, 0.717) is 6.42 Å². The minimum atomic E-state index is -0.439. The molecule has 0 fully saturated rings. The van der Waals surface area contributed by atoms with Gasteiger partial charge in [0.2, 0.25) is 5.91 Å². The van der Waals surface area contributed by atoms with Crippen LogP contribution in [0.15, 0.2) is 53.9 Å². The van der Waals surface area contributed by atoms with Gasteiger partial charge in [0, 0.05) is 17.4 Å². The van der Waals surface area contributed by atoms with Gasteiger partial charge in [0.15, 0.2) is 0 Å². The van der Waals surface area contributed by atoms with Gasteiger partial charge in [0.25, 0.3) is 0 Å². The number of thiazole rings is 1. The van der Waals surface area contributed by atoms with Gasteiger partial charge in [0.1, 0.15) is 16.6 Å². The summed E-state index contributed by atoms with van der Waals surface area (Å²) >= 11 is 1.53. The molecular formula is C19H17FN2O2S. The molecule has 0 aliphatic rings. The average molecular weight is 356 g/mol. The maximum absolute atomic E-state index is 13.5. The van der Waals surface area contributed by atoms with E-state index in [0.717, 1.165) is 22.0 Å². The van der Waals surface area contributed by atoms with Gasteiger partial charge in [-0.2, -0.15) is 0 Å². The number of hydrogen-bond donors (Lipinski definition) is 1. The van der Waals surface area contributed by atoms with Gasteiger partial charge in [-0.15, -0.1) is 11.3 Å². The van der Waals surface area contributed by atoms with Gasteiger partial charge in [-0.1, -0.05) is 12.1 Å². The Morgan fingerprint density at radius 3 is 2.68 bits per heavy atom. The van der Waals surface area contributed by atoms with E-state index >= 15 is 0 Å². The van der Waals surface area contributed by atoms with Gasteiger partial charge in [-0.05, 0) is 42.8 Å². The quantitative estimate of drug-likeness (QED) is 0.706. The van der Waals surface area contributed by atoms with Crippen molar-refractivity contribution >= 4 is 22.9 Å². The molecule has 3 rings (SSSR count). The largest absolute Gasteiger partial charge is 0.497 e. The van der Waals surface area contributed by atoms with Crippen molar-refractivity contribution in [1.29, 1.82) is 0 Å². The van der Waals surface area contributed by atoms with Crippen molar-refractivity contribution in [2.24, 2.45) is 0 Å². The first kappa shape index (κ1) is 17.1. The highest BCUT2D eigenvalue weighted by Gasteiger charge is 2.09. The molecule has 1 amide bonds. The number of rotatable bonds is 6. The van der Waals surface area contributed by atoms with Crippen molar-refractivity contribution in [2.45, 2.75) is 12.8 Å². The van der Waals surface area contributed by atoms with Crippen LogP contribution in [-0.2, 0) is 11.2 Å². The molecule has 0 aliphatic carbocycles. The second kappa shape index (κ2) is 7.90. The predicted octanol–water partition coefficient (Wildman–Crippen LogP) is 4.53. The summed E-state index contributed by atoms with van der Waals surface area (Å²) in [6, 6.07) is 13.8. The molecule has 0 radical (unpaired) electrons. The number of methoxy groups -OCH3 is 1. The summed E-state index contributed by atoms with van der Waals surface area (Å²) in [6.07, 6.45) is 0.757. The van der Waals surface area contributed by atoms with Crippen molar-refractivity contribution in [1.82, 2.24) is 4.98 Å². The SMILES string of the molecule is COc1ccc(-c2nc(CCC(=O)Nc3ccccc3F)cs2)cc1. The zero-order valence-corrected chi connectivity index (χ0v) is 14.5. The van der Waals surface area contributed by atoms with Gasteiger partial charge in [-0.3, -0.25) is 4.79 Å². The number of hydrogen-bond acceptors (Lipinski definition) is 4. The van der Waals surface area contributed by atoms with Crippen LogP contribution in [0.4, 0.5) is 10.1 Å². The first-order valence-electron chi connectivity index (χ1n) is 7.79. The lowest BCUT2D eigenvalue weighted by molar-refractivity contribution is -0.116. The summed E-state index contributed by atoms with van der Waals surface area (Å²) in [4.78, 5) is 16.5. The lowest BCUT2D eigenvalue weighted by Crippen LogP contribution is -2.13. The van der Waals surface area contributed by atoms with Crippen LogP contribution in [0, 0.1) is 5.82 Å². The molecule has 0 saturated heterocycles. The maximum atomic E-state index is 13.5. The minimum absolute atomic E-state index is 0.199. The number of halogens is 1. The zero-order valence-electron chi connectivity index (χ0n) is 13.7. The average Bonchev–Trinajstić information content (AvgIpc) is 3.11. The maximum Gasteiger partial charge on any atom is 0.224 e. The summed E-state index contributed by atoms with van der Waals surface area (Å²) in [5.74, 6) is 0.126. The molecule has 1 heterocycles. The number of ether oxygens (including phenoxy) is 1. The molecule has 3 aromatic rings. The second-order valence-corrected chi connectivity index (χ2v) is 6.26. The monoisotopic (exact) mass is 356 g/mol. The third-order valence-electron chi connectivity index (χ3n) is 3.64. The normalized spacial score (nSPS) is 10.5. The number of benzene rings is 2. The molecule has 0 atom stereocenters. The van der Waals surface area contributed by atoms with Crippen LogP contribution in [0.3, 0.4) is 0 Å². The highest BCUT2D eigenvalue weighted by atomic mass is 32.1. The molecule has 2 aromatic carbocycles. The van der Waals surface area contributed by atoms with Crippen LogP contribution in [0.2, 0.25) is 0 Å². The highest BCUT2D eigenvalue weighted by Crippen LogP contribution is 2.26. The van der Waals surface area contributed by atoms with Gasteiger partial charge >= 0.3 is 0 Å². The minimum Gasteiger partial charge on any atom is -0.497 e. The van der Waals surface area contributed by atoms with Crippen molar-refractivity contribution in [2.75, 3.05) is 12.4 Å². The fourth-order valence-corrected chi connectivity index (χ4v) is 3.17. The summed E-state index contributed by atoms with van der Waals surface area (Å²) in [6.45, 7) is 0. The Hall–Kier alpha value is -2.73. The van der Waals surface area contributed by atoms with E-state index in [1.54, 1.807) is 19.2 Å². The molecule has 0 unspecified atom stereocenters. The second-order valence-electron chi connectivity index (χ2n) is 5.40. The van der Waals surface area contributed by atoms with Gasteiger partial charge < -0.3 is 10.1 Å². The number of para-hydroxylation sites is 1. The third kappa shape index (κ3) is 4.42. The number of nitrogens with one attached hydrogen (secondary N) is 1. The van der Waals surface area contributed by atoms with E-state index in [1.165, 1.54) is 23.5 Å². The van der Waals surface area contributed by atoms with Crippen molar-refractivity contribution in [3.8, 4) is 16.3 Å². The number of nitrogens with zero attached hydrogens (tertiary/aromatic N) is 1. The van der Waals surface area contributed by atoms with Gasteiger partial charge in [0.05, 0.1) is 18.5 Å². The van der Waals surface area contributed by atoms with E-state index in [-0.39, 0.29) is 18.0 Å². The molecule has 0 bridgehead atoms.